The van der Waals surface area contributed by atoms with E-state index in [0.717, 1.165) is 19.7 Å². The molecule has 0 amide bonds. The van der Waals surface area contributed by atoms with Crippen LogP contribution < -0.4 is 5.32 Å². The fourth-order valence-electron chi connectivity index (χ4n) is 2.21. The van der Waals surface area contributed by atoms with Gasteiger partial charge in [-0.3, -0.25) is 4.90 Å². The van der Waals surface area contributed by atoms with E-state index in [1.807, 2.05) is 0 Å². The smallest absolute Gasteiger partial charge is 0.0620 e. The lowest BCUT2D eigenvalue weighted by atomic mass is 10.0. The predicted octanol–water partition coefficient (Wildman–Crippen LogP) is 0.951. The minimum atomic E-state index is 0.546. The Morgan fingerprint density at radius 3 is 2.64 bits per heavy atom. The van der Waals surface area contributed by atoms with Crippen LogP contribution in [-0.4, -0.2) is 50.8 Å². The van der Waals surface area contributed by atoms with Crippen molar-refractivity contribution in [2.75, 3.05) is 33.9 Å². The van der Waals surface area contributed by atoms with Gasteiger partial charge in [0.25, 0.3) is 0 Å². The zero-order valence-electron chi connectivity index (χ0n) is 9.92. The number of likely N-dealkylation sites (N-methyl/N-ethyl adjacent to an activating group) is 1. The Labute approximate surface area is 87.8 Å². The van der Waals surface area contributed by atoms with Crippen LogP contribution in [0.25, 0.3) is 0 Å². The van der Waals surface area contributed by atoms with Crippen LogP contribution in [0.15, 0.2) is 0 Å². The number of ether oxygens (including phenoxy) is 1. The molecule has 3 nitrogen and oxygen atoms in total. The monoisotopic (exact) mass is 200 g/mol. The van der Waals surface area contributed by atoms with Gasteiger partial charge >= 0.3 is 0 Å². The maximum Gasteiger partial charge on any atom is 0.0620 e. The van der Waals surface area contributed by atoms with Gasteiger partial charge in [0, 0.05) is 25.7 Å². The zero-order chi connectivity index (χ0) is 10.6. The normalized spacial score (nSPS) is 24.9. The van der Waals surface area contributed by atoms with E-state index in [1.165, 1.54) is 6.42 Å². The van der Waals surface area contributed by atoms with Crippen molar-refractivity contribution in [3.63, 3.8) is 0 Å². The van der Waals surface area contributed by atoms with E-state index in [0.29, 0.717) is 18.0 Å². The molecule has 0 aromatic rings. The maximum absolute atomic E-state index is 5.28. The Hall–Kier alpha value is -0.120. The molecule has 1 aliphatic heterocycles. The van der Waals surface area contributed by atoms with Gasteiger partial charge in [0.1, 0.15) is 0 Å². The molecular formula is C11H24N2O. The quantitative estimate of drug-likeness (QED) is 0.715. The standard InChI is InChI=1S/C11H24N2O/c1-9(2)11(8-14-4)13(3)10-5-6-12-7-10/h9-12H,5-8H2,1-4H3. The first kappa shape index (κ1) is 12.0. The summed E-state index contributed by atoms with van der Waals surface area (Å²) in [6.07, 6.45) is 1.27. The summed E-state index contributed by atoms with van der Waals surface area (Å²) in [5, 5.41) is 3.41. The highest BCUT2D eigenvalue weighted by Gasteiger charge is 2.27. The van der Waals surface area contributed by atoms with Gasteiger partial charge in [-0.05, 0) is 25.9 Å². The van der Waals surface area contributed by atoms with E-state index < -0.39 is 0 Å². The molecule has 3 heteroatoms. The second-order valence-corrected chi connectivity index (χ2v) is 4.58. The molecule has 1 rings (SSSR count). The molecule has 0 aliphatic carbocycles. The van der Waals surface area contributed by atoms with Crippen LogP contribution in [0, 0.1) is 5.92 Å². The fourth-order valence-corrected chi connectivity index (χ4v) is 2.21. The lowest BCUT2D eigenvalue weighted by Crippen LogP contribution is -2.46. The third-order valence-electron chi connectivity index (χ3n) is 3.24. The predicted molar refractivity (Wildman–Crippen MR) is 59.5 cm³/mol. The summed E-state index contributed by atoms with van der Waals surface area (Å²) >= 11 is 0. The van der Waals surface area contributed by atoms with Crippen molar-refractivity contribution in [2.24, 2.45) is 5.92 Å². The van der Waals surface area contributed by atoms with E-state index in [2.05, 4.69) is 31.1 Å². The minimum Gasteiger partial charge on any atom is -0.383 e. The molecule has 1 N–H and O–H groups in total. The summed E-state index contributed by atoms with van der Waals surface area (Å²) in [5.74, 6) is 0.653. The Kier molecular flexibility index (Phi) is 4.85. The second-order valence-electron chi connectivity index (χ2n) is 4.58. The van der Waals surface area contributed by atoms with Crippen molar-refractivity contribution in [3.05, 3.63) is 0 Å². The second kappa shape index (κ2) is 5.69. The third-order valence-corrected chi connectivity index (χ3v) is 3.24. The molecule has 1 saturated heterocycles. The minimum absolute atomic E-state index is 0.546. The molecule has 2 atom stereocenters. The number of methoxy groups -OCH3 is 1. The van der Waals surface area contributed by atoms with Gasteiger partial charge in [-0.1, -0.05) is 13.8 Å². The van der Waals surface area contributed by atoms with Crippen LogP contribution >= 0.6 is 0 Å². The summed E-state index contributed by atoms with van der Waals surface area (Å²) in [6.45, 7) is 7.66. The van der Waals surface area contributed by atoms with Gasteiger partial charge in [0.15, 0.2) is 0 Å². The molecule has 1 fully saturated rings. The van der Waals surface area contributed by atoms with Crippen LogP contribution in [0.1, 0.15) is 20.3 Å². The number of nitrogens with zero attached hydrogens (tertiary/aromatic N) is 1. The molecule has 0 radical (unpaired) electrons. The number of hydrogen-bond acceptors (Lipinski definition) is 3. The van der Waals surface area contributed by atoms with Crippen LogP contribution in [0.2, 0.25) is 0 Å². The highest BCUT2D eigenvalue weighted by Crippen LogP contribution is 2.16. The number of nitrogens with one attached hydrogen (secondary N) is 1. The number of rotatable bonds is 5. The highest BCUT2D eigenvalue weighted by molar-refractivity contribution is 4.84. The van der Waals surface area contributed by atoms with Crippen LogP contribution in [-0.2, 0) is 4.74 Å². The average molecular weight is 200 g/mol. The van der Waals surface area contributed by atoms with Gasteiger partial charge in [-0.15, -0.1) is 0 Å². The Morgan fingerprint density at radius 1 is 1.50 bits per heavy atom. The van der Waals surface area contributed by atoms with Crippen molar-refractivity contribution in [1.29, 1.82) is 0 Å². The molecule has 0 spiro atoms. The van der Waals surface area contributed by atoms with E-state index in [1.54, 1.807) is 7.11 Å². The SMILES string of the molecule is COCC(C(C)C)N(C)C1CCNC1. The van der Waals surface area contributed by atoms with Crippen LogP contribution in [0.3, 0.4) is 0 Å². The molecule has 2 unspecified atom stereocenters. The third kappa shape index (κ3) is 2.94. The van der Waals surface area contributed by atoms with Crippen molar-refractivity contribution in [1.82, 2.24) is 10.2 Å². The molecule has 1 aliphatic rings. The molecule has 0 aromatic heterocycles. The summed E-state index contributed by atoms with van der Waals surface area (Å²) in [7, 11) is 4.01. The summed E-state index contributed by atoms with van der Waals surface area (Å²) < 4.78 is 5.28. The molecule has 0 saturated carbocycles. The summed E-state index contributed by atoms with van der Waals surface area (Å²) in [4.78, 5) is 2.48. The molecular weight excluding hydrogens is 176 g/mol. The maximum atomic E-state index is 5.28. The first-order valence-electron chi connectivity index (χ1n) is 5.58. The van der Waals surface area contributed by atoms with Crippen molar-refractivity contribution in [2.45, 2.75) is 32.4 Å². The van der Waals surface area contributed by atoms with Gasteiger partial charge in [0.2, 0.25) is 0 Å². The van der Waals surface area contributed by atoms with E-state index in [4.69, 9.17) is 4.74 Å². The highest BCUT2D eigenvalue weighted by atomic mass is 16.5. The first-order chi connectivity index (χ1) is 6.66. The summed E-state index contributed by atoms with van der Waals surface area (Å²) in [5.41, 5.74) is 0. The summed E-state index contributed by atoms with van der Waals surface area (Å²) in [6, 6.07) is 1.24. The largest absolute Gasteiger partial charge is 0.383 e. The van der Waals surface area contributed by atoms with Gasteiger partial charge in [-0.2, -0.15) is 0 Å². The number of hydrogen-bond donors (Lipinski definition) is 1. The van der Waals surface area contributed by atoms with Crippen LogP contribution in [0.5, 0.6) is 0 Å². The van der Waals surface area contributed by atoms with E-state index in [9.17, 15) is 0 Å². The molecule has 84 valence electrons. The topological polar surface area (TPSA) is 24.5 Å². The van der Waals surface area contributed by atoms with Crippen molar-refractivity contribution in [3.8, 4) is 0 Å². The molecule has 14 heavy (non-hydrogen) atoms. The van der Waals surface area contributed by atoms with E-state index >= 15 is 0 Å². The molecule has 0 bridgehead atoms. The van der Waals surface area contributed by atoms with Crippen molar-refractivity contribution >= 4 is 0 Å². The first-order valence-corrected chi connectivity index (χ1v) is 5.58. The van der Waals surface area contributed by atoms with Crippen LogP contribution in [0.4, 0.5) is 0 Å². The lowest BCUT2D eigenvalue weighted by Gasteiger charge is -2.34. The average Bonchev–Trinajstić information content (AvgIpc) is 2.65. The zero-order valence-corrected chi connectivity index (χ0v) is 9.92. The van der Waals surface area contributed by atoms with Gasteiger partial charge in [-0.25, -0.2) is 0 Å². The fraction of sp³-hybridized carbons (Fsp3) is 1.00. The molecule has 0 aromatic carbocycles. The lowest BCUT2D eigenvalue weighted by molar-refractivity contribution is 0.0594. The Bertz CT molecular complexity index is 155. The van der Waals surface area contributed by atoms with E-state index in [-0.39, 0.29) is 0 Å². The Balaban J connectivity index is 2.48. The Morgan fingerprint density at radius 2 is 2.21 bits per heavy atom. The van der Waals surface area contributed by atoms with Crippen molar-refractivity contribution < 1.29 is 4.74 Å². The van der Waals surface area contributed by atoms with Gasteiger partial charge in [0.05, 0.1) is 6.61 Å². The van der Waals surface area contributed by atoms with Gasteiger partial charge < -0.3 is 10.1 Å². The molecule has 1 heterocycles.